The van der Waals surface area contributed by atoms with Crippen molar-refractivity contribution in [2.24, 2.45) is 0 Å². The summed E-state index contributed by atoms with van der Waals surface area (Å²) >= 11 is 0. The summed E-state index contributed by atoms with van der Waals surface area (Å²) in [7, 11) is 0. The summed E-state index contributed by atoms with van der Waals surface area (Å²) < 4.78 is 13.2. The Labute approximate surface area is 340 Å². The third kappa shape index (κ3) is 5.36. The maximum Gasteiger partial charge on any atom is 0.145 e. The van der Waals surface area contributed by atoms with Gasteiger partial charge in [0.2, 0.25) is 0 Å². The molecular formula is C56H35NO2. The molecule has 59 heavy (non-hydrogen) atoms. The second-order valence-electron chi connectivity index (χ2n) is 15.2. The normalized spacial score (nSPS) is 11.7. The molecule has 0 amide bonds. The molecule has 0 aliphatic rings. The van der Waals surface area contributed by atoms with E-state index in [0.717, 1.165) is 83.2 Å². The van der Waals surface area contributed by atoms with E-state index in [1.807, 2.05) is 12.1 Å². The molecule has 0 spiro atoms. The summed E-state index contributed by atoms with van der Waals surface area (Å²) in [5.41, 5.74) is 13.5. The first-order valence-corrected chi connectivity index (χ1v) is 20.1. The third-order valence-corrected chi connectivity index (χ3v) is 11.9. The third-order valence-electron chi connectivity index (χ3n) is 11.9. The summed E-state index contributed by atoms with van der Waals surface area (Å²) in [6, 6.07) is 75.7. The lowest BCUT2D eigenvalue weighted by molar-refractivity contribution is 0.669. The summed E-state index contributed by atoms with van der Waals surface area (Å²) in [5.74, 6) is 0. The summed E-state index contributed by atoms with van der Waals surface area (Å²) in [4.78, 5) is 2.42. The summed E-state index contributed by atoms with van der Waals surface area (Å²) in [5, 5.41) is 9.24. The first-order valence-electron chi connectivity index (χ1n) is 20.1. The van der Waals surface area contributed by atoms with E-state index >= 15 is 0 Å². The lowest BCUT2D eigenvalue weighted by Gasteiger charge is -2.28. The van der Waals surface area contributed by atoms with Crippen molar-refractivity contribution < 1.29 is 8.83 Å². The highest BCUT2D eigenvalue weighted by Gasteiger charge is 2.24. The second kappa shape index (κ2) is 13.4. The fourth-order valence-corrected chi connectivity index (χ4v) is 9.13. The number of rotatable bonds is 6. The molecule has 3 nitrogen and oxygen atoms in total. The van der Waals surface area contributed by atoms with Crippen molar-refractivity contribution in [3.05, 3.63) is 212 Å². The van der Waals surface area contributed by atoms with Gasteiger partial charge in [-0.2, -0.15) is 0 Å². The molecule has 12 rings (SSSR count). The Morgan fingerprint density at radius 3 is 1.69 bits per heavy atom. The largest absolute Gasteiger partial charge is 0.456 e. The zero-order chi connectivity index (χ0) is 38.9. The van der Waals surface area contributed by atoms with Crippen LogP contribution in [0.1, 0.15) is 0 Å². The predicted octanol–water partition coefficient (Wildman–Crippen LogP) is 16.3. The Morgan fingerprint density at radius 2 is 0.881 bits per heavy atom. The molecule has 0 aliphatic heterocycles. The smallest absolute Gasteiger partial charge is 0.145 e. The van der Waals surface area contributed by atoms with Gasteiger partial charge in [0.25, 0.3) is 0 Å². The van der Waals surface area contributed by atoms with Crippen LogP contribution in [0.25, 0.3) is 98.8 Å². The summed E-state index contributed by atoms with van der Waals surface area (Å²) in [6.45, 7) is 0. The van der Waals surface area contributed by atoms with Crippen LogP contribution in [0, 0.1) is 0 Å². The Hall–Kier alpha value is -7.88. The maximum atomic E-state index is 6.87. The maximum absolute atomic E-state index is 6.87. The second-order valence-corrected chi connectivity index (χ2v) is 15.2. The van der Waals surface area contributed by atoms with Crippen molar-refractivity contribution in [1.82, 2.24) is 0 Å². The van der Waals surface area contributed by atoms with Crippen molar-refractivity contribution in [2.75, 3.05) is 4.90 Å². The van der Waals surface area contributed by atoms with Gasteiger partial charge in [-0.25, -0.2) is 0 Å². The molecule has 3 heteroatoms. The molecule has 12 aromatic rings. The van der Waals surface area contributed by atoms with Gasteiger partial charge < -0.3 is 13.7 Å². The highest BCUT2D eigenvalue weighted by molar-refractivity contribution is 6.19. The molecule has 0 bridgehead atoms. The highest BCUT2D eigenvalue weighted by atomic mass is 16.3. The fourth-order valence-electron chi connectivity index (χ4n) is 9.13. The van der Waals surface area contributed by atoms with Crippen LogP contribution < -0.4 is 4.90 Å². The van der Waals surface area contributed by atoms with E-state index in [-0.39, 0.29) is 0 Å². The van der Waals surface area contributed by atoms with Crippen molar-refractivity contribution in [3.8, 4) is 33.4 Å². The van der Waals surface area contributed by atoms with Gasteiger partial charge in [0.15, 0.2) is 0 Å². The van der Waals surface area contributed by atoms with Gasteiger partial charge in [-0.05, 0) is 92.5 Å². The number of anilines is 3. The van der Waals surface area contributed by atoms with E-state index in [1.54, 1.807) is 0 Å². The molecule has 10 aromatic carbocycles. The minimum absolute atomic E-state index is 0.858. The van der Waals surface area contributed by atoms with Crippen LogP contribution in [0.2, 0.25) is 0 Å². The topological polar surface area (TPSA) is 29.5 Å². The zero-order valence-corrected chi connectivity index (χ0v) is 32.0. The van der Waals surface area contributed by atoms with Gasteiger partial charge in [0, 0.05) is 32.8 Å². The van der Waals surface area contributed by atoms with Crippen LogP contribution in [0.4, 0.5) is 17.1 Å². The van der Waals surface area contributed by atoms with E-state index < -0.39 is 0 Å². The van der Waals surface area contributed by atoms with Crippen LogP contribution >= 0.6 is 0 Å². The van der Waals surface area contributed by atoms with E-state index in [4.69, 9.17) is 8.83 Å². The van der Waals surface area contributed by atoms with Crippen LogP contribution in [-0.2, 0) is 0 Å². The Balaban J connectivity index is 1.08. The monoisotopic (exact) mass is 753 g/mol. The molecule has 2 heterocycles. The average molecular weight is 754 g/mol. The molecule has 0 unspecified atom stereocenters. The number of para-hydroxylation sites is 2. The zero-order valence-electron chi connectivity index (χ0n) is 32.0. The minimum atomic E-state index is 0.858. The number of hydrogen-bond donors (Lipinski definition) is 0. The van der Waals surface area contributed by atoms with E-state index in [1.165, 1.54) is 32.7 Å². The molecule has 0 saturated heterocycles. The van der Waals surface area contributed by atoms with Crippen molar-refractivity contribution in [1.29, 1.82) is 0 Å². The Kier molecular flexibility index (Phi) is 7.54. The van der Waals surface area contributed by atoms with Crippen LogP contribution in [0.3, 0.4) is 0 Å². The molecule has 0 saturated carbocycles. The minimum Gasteiger partial charge on any atom is -0.456 e. The molecule has 0 N–H and O–H groups in total. The quantitative estimate of drug-likeness (QED) is 0.158. The van der Waals surface area contributed by atoms with Gasteiger partial charge in [0.05, 0.1) is 16.8 Å². The van der Waals surface area contributed by atoms with Crippen LogP contribution in [0.5, 0.6) is 0 Å². The number of nitrogens with zero attached hydrogens (tertiary/aromatic N) is 1. The number of furan rings is 2. The lowest BCUT2D eigenvalue weighted by Crippen LogP contribution is -2.11. The molecule has 2 aromatic heterocycles. The fraction of sp³-hybridized carbons (Fsp3) is 0. The molecule has 0 radical (unpaired) electrons. The van der Waals surface area contributed by atoms with Crippen molar-refractivity contribution in [3.63, 3.8) is 0 Å². The van der Waals surface area contributed by atoms with Crippen LogP contribution in [-0.4, -0.2) is 0 Å². The Bertz CT molecular complexity index is 3540. The van der Waals surface area contributed by atoms with Crippen molar-refractivity contribution >= 4 is 82.5 Å². The number of fused-ring (bicyclic) bond motifs is 9. The van der Waals surface area contributed by atoms with Gasteiger partial charge in [0.1, 0.15) is 22.3 Å². The molecular weight excluding hydrogens is 719 g/mol. The summed E-state index contributed by atoms with van der Waals surface area (Å²) in [6.07, 6.45) is 0. The van der Waals surface area contributed by atoms with Gasteiger partial charge in [-0.1, -0.05) is 164 Å². The van der Waals surface area contributed by atoms with Gasteiger partial charge in [-0.15, -0.1) is 0 Å². The van der Waals surface area contributed by atoms with Gasteiger partial charge >= 0.3 is 0 Å². The van der Waals surface area contributed by atoms with E-state index in [9.17, 15) is 0 Å². The lowest BCUT2D eigenvalue weighted by atomic mass is 9.96. The molecule has 0 fully saturated rings. The molecule has 276 valence electrons. The van der Waals surface area contributed by atoms with Gasteiger partial charge in [-0.3, -0.25) is 0 Å². The SMILES string of the molecule is c1ccc(-c2ccc(-c3ccc(N(c4ccc(-c5cccc6oc7ccccc7c56)cc4)c4cccc5c4ccc4ccccc45)c4c3oc3ccccc34)cc2)cc1. The van der Waals surface area contributed by atoms with E-state index in [0.29, 0.717) is 0 Å². The first kappa shape index (κ1) is 33.3. The van der Waals surface area contributed by atoms with Crippen LogP contribution in [0.15, 0.2) is 221 Å². The standard InChI is InChI=1S/C56H35NO2/c1-2-12-36(13-3-1)37-24-26-40(27-25-37)44-34-35-50(55-48-17-7-9-22-52(48)59-56(44)55)57(49-20-10-19-45-42-15-5-4-14-38(42)30-33-46(45)49)41-31-28-39(29-32-41)43-18-11-23-53-54(43)47-16-6-8-21-51(47)58-53/h1-35H. The average Bonchev–Trinajstić information content (AvgIpc) is 3.89. The van der Waals surface area contributed by atoms with E-state index in [2.05, 4.69) is 205 Å². The number of hydrogen-bond acceptors (Lipinski definition) is 3. The van der Waals surface area contributed by atoms with Crippen molar-refractivity contribution in [2.45, 2.75) is 0 Å². The highest BCUT2D eigenvalue weighted by Crippen LogP contribution is 2.48. The predicted molar refractivity (Wildman–Crippen MR) is 247 cm³/mol. The molecule has 0 atom stereocenters. The molecule has 0 aliphatic carbocycles. The first-order chi connectivity index (χ1) is 29.3. The number of benzene rings is 10. The Morgan fingerprint density at radius 1 is 0.288 bits per heavy atom.